The molecule has 0 bridgehead atoms. The Hall–Kier alpha value is -0.410. The van der Waals surface area contributed by atoms with Gasteiger partial charge in [-0.3, -0.25) is 0 Å². The van der Waals surface area contributed by atoms with Crippen LogP contribution in [0.3, 0.4) is 0 Å². The lowest BCUT2D eigenvalue weighted by atomic mass is 10.2. The first kappa shape index (κ1) is 9.16. The van der Waals surface area contributed by atoms with E-state index in [-0.39, 0.29) is 0 Å². The summed E-state index contributed by atoms with van der Waals surface area (Å²) in [6.45, 7) is 5.13. The van der Waals surface area contributed by atoms with Gasteiger partial charge in [-0.1, -0.05) is 6.92 Å². The Kier molecular flexibility index (Phi) is 2.16. The topological polar surface area (TPSA) is 38.9 Å². The molecular weight excluding hydrogens is 180 g/mol. The SMILES string of the molecule is Cc1nc(C2(C)CC2)sc1CCN. The molecule has 1 heterocycles. The molecule has 2 rings (SSSR count). The van der Waals surface area contributed by atoms with E-state index < -0.39 is 0 Å². The molecule has 0 radical (unpaired) electrons. The van der Waals surface area contributed by atoms with E-state index in [0.29, 0.717) is 5.41 Å². The first-order chi connectivity index (χ1) is 6.15. The number of nitrogens with zero attached hydrogens (tertiary/aromatic N) is 1. The van der Waals surface area contributed by atoms with E-state index in [1.54, 1.807) is 0 Å². The third kappa shape index (κ3) is 1.63. The van der Waals surface area contributed by atoms with Gasteiger partial charge in [0.05, 0.1) is 10.7 Å². The van der Waals surface area contributed by atoms with Crippen LogP contribution in [0.1, 0.15) is 35.3 Å². The normalized spacial score (nSPS) is 19.0. The molecular formula is C10H16N2S. The van der Waals surface area contributed by atoms with E-state index in [1.807, 2.05) is 11.3 Å². The molecule has 0 aliphatic heterocycles. The first-order valence-electron chi connectivity index (χ1n) is 4.82. The van der Waals surface area contributed by atoms with Crippen molar-refractivity contribution in [3.05, 3.63) is 15.6 Å². The van der Waals surface area contributed by atoms with Crippen LogP contribution < -0.4 is 5.73 Å². The van der Waals surface area contributed by atoms with Gasteiger partial charge in [-0.25, -0.2) is 4.98 Å². The summed E-state index contributed by atoms with van der Waals surface area (Å²) in [5.74, 6) is 0. The summed E-state index contributed by atoms with van der Waals surface area (Å²) in [4.78, 5) is 6.01. The average molecular weight is 196 g/mol. The fourth-order valence-corrected chi connectivity index (χ4v) is 2.73. The summed E-state index contributed by atoms with van der Waals surface area (Å²) in [7, 11) is 0. The highest BCUT2D eigenvalue weighted by Gasteiger charge is 2.42. The van der Waals surface area contributed by atoms with Gasteiger partial charge in [-0.2, -0.15) is 0 Å². The number of thiazole rings is 1. The van der Waals surface area contributed by atoms with Crippen molar-refractivity contribution in [1.82, 2.24) is 4.98 Å². The molecule has 1 fully saturated rings. The van der Waals surface area contributed by atoms with Crippen LogP contribution in [-0.4, -0.2) is 11.5 Å². The molecule has 1 aliphatic rings. The van der Waals surface area contributed by atoms with Crippen molar-refractivity contribution in [2.75, 3.05) is 6.54 Å². The highest BCUT2D eigenvalue weighted by molar-refractivity contribution is 7.12. The van der Waals surface area contributed by atoms with Crippen molar-refractivity contribution in [2.24, 2.45) is 5.73 Å². The Balaban J connectivity index is 2.24. The standard InChI is InChI=1S/C10H16N2S/c1-7-8(3-6-11)13-9(12-7)10(2)4-5-10/h3-6,11H2,1-2H3. The second-order valence-electron chi connectivity index (χ2n) is 4.13. The smallest absolute Gasteiger partial charge is 0.0990 e. The summed E-state index contributed by atoms with van der Waals surface area (Å²) < 4.78 is 0. The number of aryl methyl sites for hydroxylation is 1. The van der Waals surface area contributed by atoms with E-state index in [0.717, 1.165) is 13.0 Å². The molecule has 1 aliphatic carbocycles. The van der Waals surface area contributed by atoms with Gasteiger partial charge in [0.25, 0.3) is 0 Å². The lowest BCUT2D eigenvalue weighted by Crippen LogP contribution is -2.01. The molecule has 0 amide bonds. The van der Waals surface area contributed by atoms with Crippen molar-refractivity contribution >= 4 is 11.3 Å². The maximum Gasteiger partial charge on any atom is 0.0990 e. The first-order valence-corrected chi connectivity index (χ1v) is 5.64. The van der Waals surface area contributed by atoms with Crippen molar-refractivity contribution in [2.45, 2.75) is 38.5 Å². The van der Waals surface area contributed by atoms with E-state index >= 15 is 0 Å². The molecule has 72 valence electrons. The van der Waals surface area contributed by atoms with Gasteiger partial charge in [0.2, 0.25) is 0 Å². The van der Waals surface area contributed by atoms with Crippen LogP contribution in [0.15, 0.2) is 0 Å². The number of aromatic nitrogens is 1. The van der Waals surface area contributed by atoms with Crippen LogP contribution in [0.5, 0.6) is 0 Å². The zero-order chi connectivity index (χ0) is 9.47. The van der Waals surface area contributed by atoms with Crippen LogP contribution >= 0.6 is 11.3 Å². The maximum atomic E-state index is 5.54. The van der Waals surface area contributed by atoms with Gasteiger partial charge >= 0.3 is 0 Å². The van der Waals surface area contributed by atoms with Crippen molar-refractivity contribution in [3.63, 3.8) is 0 Å². The lowest BCUT2D eigenvalue weighted by Gasteiger charge is -2.00. The minimum absolute atomic E-state index is 0.419. The fraction of sp³-hybridized carbons (Fsp3) is 0.700. The highest BCUT2D eigenvalue weighted by Crippen LogP contribution is 2.49. The molecule has 0 unspecified atom stereocenters. The van der Waals surface area contributed by atoms with Crippen molar-refractivity contribution in [3.8, 4) is 0 Å². The fourth-order valence-electron chi connectivity index (χ4n) is 1.45. The minimum atomic E-state index is 0.419. The Bertz CT molecular complexity index is 313. The number of rotatable bonds is 3. The predicted octanol–water partition coefficient (Wildman–Crippen LogP) is 2.00. The zero-order valence-electron chi connectivity index (χ0n) is 8.26. The third-order valence-electron chi connectivity index (χ3n) is 2.78. The molecule has 0 saturated heterocycles. The molecule has 0 atom stereocenters. The quantitative estimate of drug-likeness (QED) is 0.803. The highest BCUT2D eigenvalue weighted by atomic mass is 32.1. The van der Waals surface area contributed by atoms with Gasteiger partial charge in [-0.05, 0) is 32.7 Å². The average Bonchev–Trinajstić information content (AvgIpc) is 2.72. The lowest BCUT2D eigenvalue weighted by molar-refractivity contribution is 0.772. The van der Waals surface area contributed by atoms with Crippen molar-refractivity contribution < 1.29 is 0 Å². The van der Waals surface area contributed by atoms with E-state index in [9.17, 15) is 0 Å². The van der Waals surface area contributed by atoms with Crippen LogP contribution in [0.25, 0.3) is 0 Å². The number of nitrogens with two attached hydrogens (primary N) is 1. The second-order valence-corrected chi connectivity index (χ2v) is 5.21. The van der Waals surface area contributed by atoms with Gasteiger partial charge in [0.1, 0.15) is 0 Å². The Morgan fingerprint density at radius 1 is 1.54 bits per heavy atom. The summed E-state index contributed by atoms with van der Waals surface area (Å²) in [5.41, 5.74) is 7.15. The molecule has 2 N–H and O–H groups in total. The molecule has 2 nitrogen and oxygen atoms in total. The van der Waals surface area contributed by atoms with Crippen LogP contribution in [0.2, 0.25) is 0 Å². The van der Waals surface area contributed by atoms with Crippen LogP contribution in [0, 0.1) is 6.92 Å². The number of hydrogen-bond acceptors (Lipinski definition) is 3. The Labute approximate surface area is 83.2 Å². The molecule has 1 aromatic rings. The summed E-state index contributed by atoms with van der Waals surface area (Å²) in [5, 5.41) is 1.33. The van der Waals surface area contributed by atoms with E-state index in [1.165, 1.54) is 28.4 Å². The largest absolute Gasteiger partial charge is 0.330 e. The molecule has 1 aromatic heterocycles. The summed E-state index contributed by atoms with van der Waals surface area (Å²) >= 11 is 1.86. The van der Waals surface area contributed by atoms with E-state index in [2.05, 4.69) is 18.8 Å². The maximum absolute atomic E-state index is 5.54. The molecule has 1 saturated carbocycles. The van der Waals surface area contributed by atoms with Gasteiger partial charge in [0, 0.05) is 10.3 Å². The van der Waals surface area contributed by atoms with E-state index in [4.69, 9.17) is 5.73 Å². The predicted molar refractivity (Wildman–Crippen MR) is 56.2 cm³/mol. The monoisotopic (exact) mass is 196 g/mol. The third-order valence-corrected chi connectivity index (χ3v) is 4.30. The summed E-state index contributed by atoms with van der Waals surface area (Å²) in [6.07, 6.45) is 3.60. The zero-order valence-corrected chi connectivity index (χ0v) is 9.08. The molecule has 13 heavy (non-hydrogen) atoms. The molecule has 0 spiro atoms. The number of hydrogen-bond donors (Lipinski definition) is 1. The second kappa shape index (κ2) is 3.07. The Morgan fingerprint density at radius 2 is 2.23 bits per heavy atom. The van der Waals surface area contributed by atoms with Crippen LogP contribution in [0.4, 0.5) is 0 Å². The minimum Gasteiger partial charge on any atom is -0.330 e. The summed E-state index contributed by atoms with van der Waals surface area (Å²) in [6, 6.07) is 0. The van der Waals surface area contributed by atoms with Crippen molar-refractivity contribution in [1.29, 1.82) is 0 Å². The van der Waals surface area contributed by atoms with Gasteiger partial charge in [-0.15, -0.1) is 11.3 Å². The van der Waals surface area contributed by atoms with Gasteiger partial charge < -0.3 is 5.73 Å². The molecule has 3 heteroatoms. The van der Waals surface area contributed by atoms with Crippen LogP contribution in [-0.2, 0) is 11.8 Å². The Morgan fingerprint density at radius 3 is 2.77 bits per heavy atom. The van der Waals surface area contributed by atoms with Gasteiger partial charge in [0.15, 0.2) is 0 Å². The molecule has 0 aromatic carbocycles.